The summed E-state index contributed by atoms with van der Waals surface area (Å²) < 4.78 is 16.0. The van der Waals surface area contributed by atoms with Crippen LogP contribution in [0.2, 0.25) is 0 Å². The third-order valence-corrected chi connectivity index (χ3v) is 3.71. The van der Waals surface area contributed by atoms with E-state index in [0.29, 0.717) is 12.8 Å². The molecule has 5 atom stereocenters. The van der Waals surface area contributed by atoms with Crippen LogP contribution in [0.1, 0.15) is 47.5 Å². The van der Waals surface area contributed by atoms with E-state index in [9.17, 15) is 9.90 Å². The van der Waals surface area contributed by atoms with Crippen molar-refractivity contribution < 1.29 is 29.2 Å². The standard InChI is InChI=1S/C17H34O6/c1-11(10-18)8-13(21-6)15(19)14(22-7)9-12(2)16(20)23-17(3,4)5/h11-15,18-19H,8-10H2,1-7H3/t11-,12-,13+,14+,15-/m1/s1. The molecule has 0 saturated heterocycles. The third kappa shape index (κ3) is 8.65. The van der Waals surface area contributed by atoms with Crippen molar-refractivity contribution in [2.45, 2.75) is 71.4 Å². The molecular weight excluding hydrogens is 300 g/mol. The number of hydrogen-bond acceptors (Lipinski definition) is 6. The first kappa shape index (κ1) is 22.3. The van der Waals surface area contributed by atoms with Gasteiger partial charge in [-0.1, -0.05) is 13.8 Å². The summed E-state index contributed by atoms with van der Waals surface area (Å²) in [6.45, 7) is 9.11. The molecule has 0 bridgehead atoms. The molecule has 2 N–H and O–H groups in total. The van der Waals surface area contributed by atoms with E-state index in [1.807, 2.05) is 27.7 Å². The van der Waals surface area contributed by atoms with Crippen LogP contribution < -0.4 is 0 Å². The highest BCUT2D eigenvalue weighted by atomic mass is 16.6. The van der Waals surface area contributed by atoms with Gasteiger partial charge in [-0.25, -0.2) is 0 Å². The molecule has 0 spiro atoms. The largest absolute Gasteiger partial charge is 0.460 e. The molecule has 23 heavy (non-hydrogen) atoms. The second kappa shape index (κ2) is 10.2. The Hall–Kier alpha value is -0.690. The maximum atomic E-state index is 12.1. The van der Waals surface area contributed by atoms with Gasteiger partial charge in [0.25, 0.3) is 0 Å². The summed E-state index contributed by atoms with van der Waals surface area (Å²) in [5, 5.41) is 19.6. The first-order chi connectivity index (χ1) is 10.6. The smallest absolute Gasteiger partial charge is 0.309 e. The average Bonchev–Trinajstić information content (AvgIpc) is 2.47. The Kier molecular flexibility index (Phi) is 9.93. The number of hydrogen-bond donors (Lipinski definition) is 2. The minimum Gasteiger partial charge on any atom is -0.460 e. The van der Waals surface area contributed by atoms with Gasteiger partial charge < -0.3 is 24.4 Å². The molecule has 0 aliphatic rings. The van der Waals surface area contributed by atoms with Gasteiger partial charge in [0.15, 0.2) is 0 Å². The molecule has 0 aromatic carbocycles. The number of ether oxygens (including phenoxy) is 3. The molecule has 0 heterocycles. The lowest BCUT2D eigenvalue weighted by molar-refractivity contribution is -0.162. The molecular formula is C17H34O6. The number of carbonyl (C=O) groups excluding carboxylic acids is 1. The van der Waals surface area contributed by atoms with Crippen LogP contribution in [0.5, 0.6) is 0 Å². The lowest BCUT2D eigenvalue weighted by atomic mass is 9.92. The van der Waals surface area contributed by atoms with Gasteiger partial charge in [0, 0.05) is 20.8 Å². The summed E-state index contributed by atoms with van der Waals surface area (Å²) >= 11 is 0. The van der Waals surface area contributed by atoms with Crippen molar-refractivity contribution in [3.8, 4) is 0 Å². The fourth-order valence-electron chi connectivity index (χ4n) is 2.31. The summed E-state index contributed by atoms with van der Waals surface area (Å²) in [5.74, 6) is -0.707. The van der Waals surface area contributed by atoms with Crippen LogP contribution in [0, 0.1) is 11.8 Å². The number of rotatable bonds is 10. The van der Waals surface area contributed by atoms with E-state index in [-0.39, 0.29) is 18.5 Å². The molecule has 0 aromatic rings. The van der Waals surface area contributed by atoms with Gasteiger partial charge in [-0.05, 0) is 39.5 Å². The molecule has 0 amide bonds. The number of aliphatic hydroxyl groups is 2. The van der Waals surface area contributed by atoms with E-state index in [4.69, 9.17) is 19.3 Å². The normalized spacial score (nSPS) is 18.8. The molecule has 0 aromatic heterocycles. The lowest BCUT2D eigenvalue weighted by Gasteiger charge is -2.31. The molecule has 0 aliphatic carbocycles. The predicted molar refractivity (Wildman–Crippen MR) is 88.1 cm³/mol. The lowest BCUT2D eigenvalue weighted by Crippen LogP contribution is -2.42. The van der Waals surface area contributed by atoms with Crippen LogP contribution in [0.15, 0.2) is 0 Å². The van der Waals surface area contributed by atoms with Gasteiger partial charge in [-0.2, -0.15) is 0 Å². The second-order valence-electron chi connectivity index (χ2n) is 7.23. The van der Waals surface area contributed by atoms with Crippen molar-refractivity contribution in [3.63, 3.8) is 0 Å². The summed E-state index contributed by atoms with van der Waals surface area (Å²) in [6.07, 6.45) is -1.06. The average molecular weight is 334 g/mol. The minimum absolute atomic E-state index is 0.00962. The molecule has 0 saturated carbocycles. The highest BCUT2D eigenvalue weighted by molar-refractivity contribution is 5.72. The van der Waals surface area contributed by atoms with Gasteiger partial charge >= 0.3 is 5.97 Å². The second-order valence-corrected chi connectivity index (χ2v) is 7.23. The molecule has 0 rings (SSSR count). The zero-order valence-corrected chi connectivity index (χ0v) is 15.5. The Morgan fingerprint density at radius 3 is 1.91 bits per heavy atom. The molecule has 138 valence electrons. The van der Waals surface area contributed by atoms with Crippen molar-refractivity contribution >= 4 is 5.97 Å². The number of methoxy groups -OCH3 is 2. The van der Waals surface area contributed by atoms with E-state index >= 15 is 0 Å². The first-order valence-corrected chi connectivity index (χ1v) is 8.13. The van der Waals surface area contributed by atoms with E-state index < -0.39 is 29.8 Å². The number of esters is 1. The molecule has 0 unspecified atom stereocenters. The molecule has 0 radical (unpaired) electrons. The fraction of sp³-hybridized carbons (Fsp3) is 0.941. The van der Waals surface area contributed by atoms with Gasteiger partial charge in [0.2, 0.25) is 0 Å². The minimum atomic E-state index is -0.885. The Labute approximate surface area is 140 Å². The Balaban J connectivity index is 4.75. The zero-order valence-electron chi connectivity index (χ0n) is 15.5. The van der Waals surface area contributed by atoms with Crippen molar-refractivity contribution in [1.82, 2.24) is 0 Å². The van der Waals surface area contributed by atoms with Crippen molar-refractivity contribution in [2.24, 2.45) is 11.8 Å². The van der Waals surface area contributed by atoms with Crippen LogP contribution in [-0.2, 0) is 19.0 Å². The third-order valence-electron chi connectivity index (χ3n) is 3.71. The Morgan fingerprint density at radius 2 is 1.52 bits per heavy atom. The van der Waals surface area contributed by atoms with E-state index in [0.717, 1.165) is 0 Å². The Bertz CT molecular complexity index is 338. The van der Waals surface area contributed by atoms with Crippen LogP contribution in [-0.4, -0.2) is 60.9 Å². The van der Waals surface area contributed by atoms with Crippen molar-refractivity contribution in [2.75, 3.05) is 20.8 Å². The quantitative estimate of drug-likeness (QED) is 0.592. The summed E-state index contributed by atoms with van der Waals surface area (Å²) in [6, 6.07) is 0. The summed E-state index contributed by atoms with van der Waals surface area (Å²) in [4.78, 5) is 12.1. The van der Waals surface area contributed by atoms with Crippen LogP contribution in [0.4, 0.5) is 0 Å². The van der Waals surface area contributed by atoms with Gasteiger partial charge in [-0.3, -0.25) is 4.79 Å². The van der Waals surface area contributed by atoms with Crippen molar-refractivity contribution in [1.29, 1.82) is 0 Å². The van der Waals surface area contributed by atoms with Gasteiger partial charge in [-0.15, -0.1) is 0 Å². The number of carbonyl (C=O) groups is 1. The maximum Gasteiger partial charge on any atom is 0.309 e. The van der Waals surface area contributed by atoms with Gasteiger partial charge in [0.1, 0.15) is 11.7 Å². The first-order valence-electron chi connectivity index (χ1n) is 8.13. The molecule has 0 aliphatic heterocycles. The van der Waals surface area contributed by atoms with Crippen LogP contribution in [0.3, 0.4) is 0 Å². The van der Waals surface area contributed by atoms with Gasteiger partial charge in [0.05, 0.1) is 18.1 Å². The van der Waals surface area contributed by atoms with Crippen LogP contribution >= 0.6 is 0 Å². The highest BCUT2D eigenvalue weighted by Gasteiger charge is 2.32. The maximum absolute atomic E-state index is 12.1. The van der Waals surface area contributed by atoms with Crippen molar-refractivity contribution in [3.05, 3.63) is 0 Å². The monoisotopic (exact) mass is 334 g/mol. The fourth-order valence-corrected chi connectivity index (χ4v) is 2.31. The molecule has 0 fully saturated rings. The zero-order chi connectivity index (χ0) is 18.2. The van der Waals surface area contributed by atoms with E-state index in [1.165, 1.54) is 14.2 Å². The molecule has 6 nitrogen and oxygen atoms in total. The summed E-state index contributed by atoms with van der Waals surface area (Å²) in [5.41, 5.74) is -0.544. The topological polar surface area (TPSA) is 85.2 Å². The predicted octanol–water partition coefficient (Wildman–Crippen LogP) is 1.76. The highest BCUT2D eigenvalue weighted by Crippen LogP contribution is 2.22. The molecule has 6 heteroatoms. The SMILES string of the molecule is CO[C@@H](C[C@@H](C)CO)[C@@H](O)[C@H](C[C@@H](C)C(=O)OC(C)(C)C)OC. The van der Waals surface area contributed by atoms with E-state index in [1.54, 1.807) is 6.92 Å². The number of aliphatic hydroxyl groups excluding tert-OH is 2. The van der Waals surface area contributed by atoms with E-state index in [2.05, 4.69) is 0 Å². The van der Waals surface area contributed by atoms with Crippen LogP contribution in [0.25, 0.3) is 0 Å². The summed E-state index contributed by atoms with van der Waals surface area (Å²) in [7, 11) is 3.01. The Morgan fingerprint density at radius 1 is 1.04 bits per heavy atom.